The van der Waals surface area contributed by atoms with E-state index in [1.54, 1.807) is 25.1 Å². The average Bonchev–Trinajstić information content (AvgIpc) is 2.83. The van der Waals surface area contributed by atoms with Crippen LogP contribution >= 0.6 is 35.6 Å². The van der Waals surface area contributed by atoms with Gasteiger partial charge in [-0.1, -0.05) is 35.6 Å². The van der Waals surface area contributed by atoms with Crippen molar-refractivity contribution in [2.45, 2.75) is 6.92 Å². The predicted molar refractivity (Wildman–Crippen MR) is 96.4 cm³/mol. The lowest BCUT2D eigenvalue weighted by Crippen LogP contribution is -2.17. The molecule has 0 aliphatic carbocycles. The number of carbonyl (C=O) groups is 2. The van der Waals surface area contributed by atoms with Crippen LogP contribution in [-0.2, 0) is 14.3 Å². The normalized spacial score (nSPS) is 15.4. The Kier molecular flexibility index (Phi) is 6.47. The molecule has 2 rings (SSSR count). The zero-order valence-electron chi connectivity index (χ0n) is 12.9. The number of hydrogen-bond acceptors (Lipinski definition) is 7. The highest BCUT2D eigenvalue weighted by molar-refractivity contribution is 8.26. The molecule has 1 N–H and O–H groups in total. The molecule has 24 heavy (non-hydrogen) atoms. The lowest BCUT2D eigenvalue weighted by molar-refractivity contribution is -0.145. The lowest BCUT2D eigenvalue weighted by Gasteiger charge is -2.13. The van der Waals surface area contributed by atoms with Crippen LogP contribution in [0.25, 0.3) is 6.08 Å². The summed E-state index contributed by atoms with van der Waals surface area (Å²) in [5.74, 6) is -0.199. The van der Waals surface area contributed by atoms with E-state index in [9.17, 15) is 9.59 Å². The zero-order chi connectivity index (χ0) is 17.7. The number of amides is 1. The van der Waals surface area contributed by atoms with Crippen LogP contribution in [0.2, 0.25) is 5.02 Å². The number of benzene rings is 1. The Morgan fingerprint density at radius 3 is 2.79 bits per heavy atom. The number of hydrogen-bond donors (Lipinski definition) is 1. The highest BCUT2D eigenvalue weighted by Crippen LogP contribution is 2.38. The number of ether oxygens (including phenoxy) is 3. The van der Waals surface area contributed by atoms with Crippen molar-refractivity contribution in [3.63, 3.8) is 0 Å². The molecule has 1 fully saturated rings. The van der Waals surface area contributed by atoms with E-state index in [0.717, 1.165) is 0 Å². The second-order valence-electron chi connectivity index (χ2n) is 4.48. The van der Waals surface area contributed by atoms with Crippen LogP contribution in [-0.4, -0.2) is 36.5 Å². The third kappa shape index (κ3) is 4.62. The molecule has 0 unspecified atom stereocenters. The van der Waals surface area contributed by atoms with E-state index in [2.05, 4.69) is 5.32 Å². The first-order valence-electron chi connectivity index (χ1n) is 6.85. The van der Waals surface area contributed by atoms with Gasteiger partial charge in [0.05, 0.1) is 23.6 Å². The number of rotatable bonds is 6. The highest BCUT2D eigenvalue weighted by Gasteiger charge is 2.22. The van der Waals surface area contributed by atoms with Crippen LogP contribution in [0.4, 0.5) is 0 Å². The van der Waals surface area contributed by atoms with E-state index < -0.39 is 5.97 Å². The van der Waals surface area contributed by atoms with Gasteiger partial charge in [0.2, 0.25) is 0 Å². The van der Waals surface area contributed by atoms with Gasteiger partial charge in [-0.25, -0.2) is 4.79 Å². The Morgan fingerprint density at radius 1 is 1.46 bits per heavy atom. The van der Waals surface area contributed by atoms with Crippen LogP contribution in [0.1, 0.15) is 12.5 Å². The number of carbonyl (C=O) groups excluding carboxylic acids is 2. The molecule has 0 spiro atoms. The summed E-state index contributed by atoms with van der Waals surface area (Å²) in [6.45, 7) is 1.69. The molecular weight excluding hydrogens is 374 g/mol. The van der Waals surface area contributed by atoms with Crippen molar-refractivity contribution in [2.24, 2.45) is 0 Å². The smallest absolute Gasteiger partial charge is 0.344 e. The van der Waals surface area contributed by atoms with E-state index >= 15 is 0 Å². The molecule has 1 aliphatic rings. The Labute approximate surface area is 153 Å². The molecule has 1 heterocycles. The van der Waals surface area contributed by atoms with Crippen molar-refractivity contribution in [2.75, 3.05) is 20.3 Å². The minimum Gasteiger partial charge on any atom is -0.493 e. The number of thiocarbonyl (C=S) groups is 1. The number of methoxy groups -OCH3 is 1. The van der Waals surface area contributed by atoms with E-state index in [4.69, 9.17) is 38.0 Å². The van der Waals surface area contributed by atoms with Gasteiger partial charge in [-0.05, 0) is 30.7 Å². The molecule has 6 nitrogen and oxygen atoms in total. The number of halogens is 1. The van der Waals surface area contributed by atoms with E-state index in [1.807, 2.05) is 0 Å². The summed E-state index contributed by atoms with van der Waals surface area (Å²) < 4.78 is 15.8. The third-order valence-electron chi connectivity index (χ3n) is 2.83. The van der Waals surface area contributed by atoms with E-state index in [1.165, 1.54) is 18.9 Å². The molecule has 0 aromatic heterocycles. The van der Waals surface area contributed by atoms with Gasteiger partial charge >= 0.3 is 5.97 Å². The van der Waals surface area contributed by atoms with Gasteiger partial charge in [0.25, 0.3) is 5.91 Å². The number of esters is 1. The molecule has 9 heteroatoms. The molecule has 1 aromatic rings. The van der Waals surface area contributed by atoms with Crippen molar-refractivity contribution < 1.29 is 23.8 Å². The fourth-order valence-electron chi connectivity index (χ4n) is 1.87. The SMILES string of the molecule is CCOC(=O)COc1c(Cl)cc(/C=C2/SC(=S)NC2=O)cc1OC. The minimum absolute atomic E-state index is 0.230. The topological polar surface area (TPSA) is 73.9 Å². The monoisotopic (exact) mass is 387 g/mol. The van der Waals surface area contributed by atoms with E-state index in [-0.39, 0.29) is 29.9 Å². The molecule has 0 saturated carbocycles. The summed E-state index contributed by atoms with van der Waals surface area (Å²) in [5.41, 5.74) is 0.641. The van der Waals surface area contributed by atoms with Crippen molar-refractivity contribution in [3.8, 4) is 11.5 Å². The van der Waals surface area contributed by atoms with Crippen LogP contribution in [0.3, 0.4) is 0 Å². The predicted octanol–water partition coefficient (Wildman–Crippen LogP) is 2.78. The summed E-state index contributed by atoms with van der Waals surface area (Å²) in [7, 11) is 1.45. The van der Waals surface area contributed by atoms with Crippen molar-refractivity contribution in [1.29, 1.82) is 0 Å². The molecule has 1 saturated heterocycles. The minimum atomic E-state index is -0.505. The van der Waals surface area contributed by atoms with Gasteiger partial charge in [-0.3, -0.25) is 4.79 Å². The Balaban J connectivity index is 2.24. The molecule has 128 valence electrons. The quantitative estimate of drug-likeness (QED) is 0.457. The number of nitrogens with one attached hydrogen (secondary N) is 1. The van der Waals surface area contributed by atoms with Crippen LogP contribution in [0, 0.1) is 0 Å². The maximum atomic E-state index is 11.7. The largest absolute Gasteiger partial charge is 0.493 e. The van der Waals surface area contributed by atoms with Crippen molar-refractivity contribution in [1.82, 2.24) is 5.32 Å². The second kappa shape index (κ2) is 8.36. The fourth-order valence-corrected chi connectivity index (χ4v) is 3.19. The summed E-state index contributed by atoms with van der Waals surface area (Å²) in [4.78, 5) is 23.6. The standard InChI is InChI=1S/C15H14ClNO5S2/c1-3-21-12(18)7-22-13-9(16)4-8(5-10(13)20-2)6-11-14(19)17-15(23)24-11/h4-6H,3,7H2,1-2H3,(H,17,19,23)/b11-6+. The van der Waals surface area contributed by atoms with Gasteiger partial charge in [0.1, 0.15) is 4.32 Å². The van der Waals surface area contributed by atoms with Crippen LogP contribution in [0.15, 0.2) is 17.0 Å². The molecule has 1 amide bonds. The zero-order valence-corrected chi connectivity index (χ0v) is 15.3. The van der Waals surface area contributed by atoms with Gasteiger partial charge in [-0.15, -0.1) is 0 Å². The highest BCUT2D eigenvalue weighted by atomic mass is 35.5. The Morgan fingerprint density at radius 2 is 2.21 bits per heavy atom. The Bertz CT molecular complexity index is 720. The lowest BCUT2D eigenvalue weighted by atomic mass is 10.2. The summed E-state index contributed by atoms with van der Waals surface area (Å²) in [6, 6.07) is 3.25. The molecule has 1 aromatic carbocycles. The number of thioether (sulfide) groups is 1. The van der Waals surface area contributed by atoms with Gasteiger partial charge in [0, 0.05) is 0 Å². The summed E-state index contributed by atoms with van der Waals surface area (Å²) >= 11 is 12.3. The maximum Gasteiger partial charge on any atom is 0.344 e. The molecule has 0 radical (unpaired) electrons. The van der Waals surface area contributed by atoms with Crippen LogP contribution < -0.4 is 14.8 Å². The van der Waals surface area contributed by atoms with Crippen molar-refractivity contribution in [3.05, 3.63) is 27.6 Å². The first-order chi connectivity index (χ1) is 11.4. The van der Waals surface area contributed by atoms with Gasteiger partial charge in [-0.2, -0.15) is 0 Å². The van der Waals surface area contributed by atoms with Gasteiger partial charge in [0.15, 0.2) is 18.1 Å². The van der Waals surface area contributed by atoms with Gasteiger partial charge < -0.3 is 19.5 Å². The summed E-state index contributed by atoms with van der Waals surface area (Å²) in [5, 5.41) is 2.78. The Hall–Kier alpha value is -1.77. The fraction of sp³-hybridized carbons (Fsp3) is 0.267. The summed E-state index contributed by atoms with van der Waals surface area (Å²) in [6.07, 6.45) is 1.64. The van der Waals surface area contributed by atoms with E-state index in [0.29, 0.717) is 20.5 Å². The average molecular weight is 388 g/mol. The van der Waals surface area contributed by atoms with Crippen molar-refractivity contribution >= 4 is 57.9 Å². The second-order valence-corrected chi connectivity index (χ2v) is 6.61. The molecule has 0 bridgehead atoms. The molecule has 0 atom stereocenters. The molecular formula is C15H14ClNO5S2. The first kappa shape index (κ1) is 18.6. The third-order valence-corrected chi connectivity index (χ3v) is 4.27. The first-order valence-corrected chi connectivity index (χ1v) is 8.45. The maximum absolute atomic E-state index is 11.7. The van der Waals surface area contributed by atoms with Crippen LogP contribution in [0.5, 0.6) is 11.5 Å². The molecule has 1 aliphatic heterocycles.